The molecule has 0 spiro atoms. The molecule has 0 aromatic carbocycles. The summed E-state index contributed by atoms with van der Waals surface area (Å²) in [5.74, 6) is 0.903. The molecule has 0 saturated heterocycles. The van der Waals surface area contributed by atoms with Gasteiger partial charge in [0.2, 0.25) is 0 Å². The van der Waals surface area contributed by atoms with E-state index in [1.807, 2.05) is 18.2 Å². The summed E-state index contributed by atoms with van der Waals surface area (Å²) < 4.78 is 10.4. The summed E-state index contributed by atoms with van der Waals surface area (Å²) in [4.78, 5) is 4.41. The molecule has 0 bridgehead atoms. The largest absolute Gasteiger partial charge is 0.385 e. The number of hydrogen-bond donors (Lipinski definition) is 1. The minimum atomic E-state index is 0.558. The van der Waals surface area contributed by atoms with Gasteiger partial charge in [-0.05, 0) is 25.5 Å². The maximum atomic E-state index is 5.48. The molecule has 16 heavy (non-hydrogen) atoms. The van der Waals surface area contributed by atoms with E-state index in [1.54, 1.807) is 7.11 Å². The van der Waals surface area contributed by atoms with Crippen molar-refractivity contribution in [1.29, 1.82) is 0 Å². The van der Waals surface area contributed by atoms with Crippen LogP contribution < -0.4 is 5.32 Å². The van der Waals surface area contributed by atoms with Crippen LogP contribution in [0.15, 0.2) is 18.2 Å². The average molecular weight is 224 g/mol. The zero-order valence-corrected chi connectivity index (χ0v) is 10.0. The molecule has 1 aromatic rings. The van der Waals surface area contributed by atoms with Crippen molar-refractivity contribution < 1.29 is 9.47 Å². The number of anilines is 1. The van der Waals surface area contributed by atoms with Gasteiger partial charge in [-0.2, -0.15) is 0 Å². The minimum Gasteiger partial charge on any atom is -0.385 e. The lowest BCUT2D eigenvalue weighted by atomic mass is 10.3. The fraction of sp³-hybridized carbons (Fsp3) is 0.583. The fourth-order valence-electron chi connectivity index (χ4n) is 1.32. The molecule has 0 fully saturated rings. The third kappa shape index (κ3) is 5.09. The third-order valence-corrected chi connectivity index (χ3v) is 2.05. The van der Waals surface area contributed by atoms with E-state index in [4.69, 9.17) is 9.47 Å². The van der Waals surface area contributed by atoms with Crippen molar-refractivity contribution in [3.05, 3.63) is 23.9 Å². The molecule has 4 nitrogen and oxygen atoms in total. The predicted octanol–water partition coefficient (Wildman–Crippen LogP) is 2.07. The van der Waals surface area contributed by atoms with Gasteiger partial charge in [-0.1, -0.05) is 6.07 Å². The highest BCUT2D eigenvalue weighted by Gasteiger charge is 1.97. The predicted molar refractivity (Wildman–Crippen MR) is 64.5 cm³/mol. The molecule has 1 aromatic heterocycles. The van der Waals surface area contributed by atoms with E-state index >= 15 is 0 Å². The van der Waals surface area contributed by atoms with Crippen LogP contribution >= 0.6 is 0 Å². The maximum absolute atomic E-state index is 5.48. The van der Waals surface area contributed by atoms with Crippen LogP contribution in [0.3, 0.4) is 0 Å². The van der Waals surface area contributed by atoms with Crippen LogP contribution in [0.25, 0.3) is 0 Å². The second-order valence-corrected chi connectivity index (χ2v) is 3.44. The highest BCUT2D eigenvalue weighted by molar-refractivity contribution is 5.34. The Hall–Kier alpha value is -1.13. The van der Waals surface area contributed by atoms with E-state index in [-0.39, 0.29) is 0 Å². The number of hydrogen-bond acceptors (Lipinski definition) is 4. The van der Waals surface area contributed by atoms with Gasteiger partial charge in [-0.25, -0.2) is 4.98 Å². The number of methoxy groups -OCH3 is 1. The highest BCUT2D eigenvalue weighted by atomic mass is 16.5. The first-order chi connectivity index (χ1) is 7.86. The van der Waals surface area contributed by atoms with Gasteiger partial charge in [-0.15, -0.1) is 0 Å². The minimum absolute atomic E-state index is 0.558. The molecule has 0 aliphatic carbocycles. The van der Waals surface area contributed by atoms with Gasteiger partial charge < -0.3 is 14.8 Å². The van der Waals surface area contributed by atoms with Crippen molar-refractivity contribution in [1.82, 2.24) is 4.98 Å². The van der Waals surface area contributed by atoms with Gasteiger partial charge in [0.15, 0.2) is 0 Å². The van der Waals surface area contributed by atoms with Gasteiger partial charge in [0, 0.05) is 26.9 Å². The third-order valence-electron chi connectivity index (χ3n) is 2.05. The number of aromatic nitrogens is 1. The lowest BCUT2D eigenvalue weighted by molar-refractivity contribution is 0.0911. The van der Waals surface area contributed by atoms with Crippen LogP contribution in [-0.2, 0) is 16.1 Å². The van der Waals surface area contributed by atoms with E-state index in [2.05, 4.69) is 17.2 Å². The van der Waals surface area contributed by atoms with Crippen molar-refractivity contribution in [2.45, 2.75) is 20.0 Å². The molecule has 0 amide bonds. The van der Waals surface area contributed by atoms with Gasteiger partial charge in [0.05, 0.1) is 12.3 Å². The number of rotatable bonds is 8. The Morgan fingerprint density at radius 3 is 2.94 bits per heavy atom. The van der Waals surface area contributed by atoms with Crippen molar-refractivity contribution in [3.8, 4) is 0 Å². The van der Waals surface area contributed by atoms with Crippen molar-refractivity contribution in [3.63, 3.8) is 0 Å². The van der Waals surface area contributed by atoms with E-state index in [9.17, 15) is 0 Å². The summed E-state index contributed by atoms with van der Waals surface area (Å²) in [5.41, 5.74) is 0.955. The Balaban J connectivity index is 2.27. The number of nitrogens with zero attached hydrogens (tertiary/aromatic N) is 1. The van der Waals surface area contributed by atoms with Gasteiger partial charge in [-0.3, -0.25) is 0 Å². The first-order valence-electron chi connectivity index (χ1n) is 5.63. The summed E-state index contributed by atoms with van der Waals surface area (Å²) in [5, 5.41) is 3.17. The summed E-state index contributed by atoms with van der Waals surface area (Å²) in [6.45, 7) is 4.94. The molecule has 90 valence electrons. The monoisotopic (exact) mass is 224 g/mol. The van der Waals surface area contributed by atoms with Crippen molar-refractivity contribution >= 4 is 5.82 Å². The SMILES string of the molecule is CCNc1cccc(COCCCOC)n1. The lowest BCUT2D eigenvalue weighted by Crippen LogP contribution is -2.03. The normalized spacial score (nSPS) is 10.4. The molecular formula is C12H20N2O2. The Morgan fingerprint density at radius 2 is 2.19 bits per heavy atom. The number of ether oxygens (including phenoxy) is 2. The van der Waals surface area contributed by atoms with Crippen LogP contribution in [0.5, 0.6) is 0 Å². The van der Waals surface area contributed by atoms with Gasteiger partial charge in [0.1, 0.15) is 5.82 Å². The molecule has 0 aliphatic rings. The van der Waals surface area contributed by atoms with Crippen LogP contribution in [0.4, 0.5) is 5.82 Å². The number of pyridine rings is 1. The van der Waals surface area contributed by atoms with E-state index in [0.29, 0.717) is 13.2 Å². The molecule has 1 rings (SSSR count). The second-order valence-electron chi connectivity index (χ2n) is 3.44. The second kappa shape index (κ2) is 8.07. The molecule has 1 N–H and O–H groups in total. The first kappa shape index (κ1) is 12.9. The smallest absolute Gasteiger partial charge is 0.126 e. The Labute approximate surface area is 97.0 Å². The summed E-state index contributed by atoms with van der Waals surface area (Å²) in [6, 6.07) is 5.91. The van der Waals surface area contributed by atoms with Gasteiger partial charge >= 0.3 is 0 Å². The fourth-order valence-corrected chi connectivity index (χ4v) is 1.32. The Morgan fingerprint density at radius 1 is 1.31 bits per heavy atom. The maximum Gasteiger partial charge on any atom is 0.126 e. The van der Waals surface area contributed by atoms with Crippen molar-refractivity contribution in [2.24, 2.45) is 0 Å². The van der Waals surface area contributed by atoms with E-state index < -0.39 is 0 Å². The summed E-state index contributed by atoms with van der Waals surface area (Å²) >= 11 is 0. The van der Waals surface area contributed by atoms with Crippen LogP contribution in [0.2, 0.25) is 0 Å². The molecule has 4 heteroatoms. The molecule has 1 heterocycles. The zero-order valence-electron chi connectivity index (χ0n) is 10.0. The topological polar surface area (TPSA) is 43.4 Å². The Kier molecular flexibility index (Phi) is 6.53. The first-order valence-corrected chi connectivity index (χ1v) is 5.63. The zero-order chi connectivity index (χ0) is 11.6. The molecule has 0 radical (unpaired) electrons. The van der Waals surface area contributed by atoms with Crippen LogP contribution in [-0.4, -0.2) is 31.9 Å². The molecule has 0 aliphatic heterocycles. The summed E-state index contributed by atoms with van der Waals surface area (Å²) in [6.07, 6.45) is 0.920. The Bertz CT molecular complexity index is 292. The van der Waals surface area contributed by atoms with Crippen LogP contribution in [0, 0.1) is 0 Å². The molecule has 0 saturated carbocycles. The van der Waals surface area contributed by atoms with Crippen molar-refractivity contribution in [2.75, 3.05) is 32.2 Å². The van der Waals surface area contributed by atoms with E-state index in [1.165, 1.54) is 0 Å². The van der Waals surface area contributed by atoms with Crippen LogP contribution in [0.1, 0.15) is 19.0 Å². The van der Waals surface area contributed by atoms with E-state index in [0.717, 1.165) is 31.1 Å². The highest BCUT2D eigenvalue weighted by Crippen LogP contribution is 2.05. The molecule has 0 unspecified atom stereocenters. The summed E-state index contributed by atoms with van der Waals surface area (Å²) in [7, 11) is 1.70. The number of nitrogens with one attached hydrogen (secondary N) is 1. The average Bonchev–Trinajstić information content (AvgIpc) is 2.30. The van der Waals surface area contributed by atoms with Gasteiger partial charge in [0.25, 0.3) is 0 Å². The molecule has 0 atom stereocenters. The standard InChI is InChI=1S/C12H20N2O2/c1-3-13-12-7-4-6-11(14-12)10-16-9-5-8-15-2/h4,6-7H,3,5,8-10H2,1-2H3,(H,13,14). The quantitative estimate of drug-likeness (QED) is 0.686. The molecular weight excluding hydrogens is 204 g/mol. The lowest BCUT2D eigenvalue weighted by Gasteiger charge is -2.06.